The molecule has 31 heavy (non-hydrogen) atoms. The van der Waals surface area contributed by atoms with Gasteiger partial charge in [-0.1, -0.05) is 0 Å². The molecule has 1 atom stereocenters. The maximum atomic E-state index is 9.12. The maximum Gasteiger partial charge on any atom is 0.116 e. The number of phenols is 3. The van der Waals surface area contributed by atoms with Gasteiger partial charge in [-0.2, -0.15) is 9.90 Å². The van der Waals surface area contributed by atoms with E-state index in [4.69, 9.17) is 15.3 Å². The van der Waals surface area contributed by atoms with Crippen LogP contribution in [-0.4, -0.2) is 15.3 Å². The van der Waals surface area contributed by atoms with Gasteiger partial charge in [-0.3, -0.25) is 0 Å². The van der Waals surface area contributed by atoms with E-state index in [1.165, 1.54) is 16.7 Å². The average molecular weight is 443 g/mol. The lowest BCUT2D eigenvalue weighted by Gasteiger charge is -2.03. The number of hydrogen-bond acceptors (Lipinski definition) is 3. The summed E-state index contributed by atoms with van der Waals surface area (Å²) in [6, 6.07) is 10.7. The van der Waals surface area contributed by atoms with Crippen LogP contribution in [0.2, 0.25) is 0 Å². The summed E-state index contributed by atoms with van der Waals surface area (Å²) < 4.78 is 0. The fourth-order valence-corrected chi connectivity index (χ4v) is 3.04. The number of benzene rings is 3. The monoisotopic (exact) mass is 442 g/mol. The molecular formula is C27H39O3P. The second-order valence-electron chi connectivity index (χ2n) is 8.11. The Hall–Kier alpha value is -2.51. The summed E-state index contributed by atoms with van der Waals surface area (Å²) in [6.07, 6.45) is 0. The van der Waals surface area contributed by atoms with Crippen molar-refractivity contribution in [2.45, 2.75) is 62.3 Å². The van der Waals surface area contributed by atoms with Crippen LogP contribution < -0.4 is 0 Å². The van der Waals surface area contributed by atoms with E-state index >= 15 is 0 Å². The first-order valence-electron chi connectivity index (χ1n) is 10.1. The summed E-state index contributed by atoms with van der Waals surface area (Å²) in [7, 11) is 0. The molecule has 0 fully saturated rings. The highest BCUT2D eigenvalue weighted by molar-refractivity contribution is 6.92. The van der Waals surface area contributed by atoms with E-state index in [1.807, 2.05) is 41.5 Å². The average Bonchev–Trinajstić information content (AvgIpc) is 2.63. The van der Waals surface area contributed by atoms with Gasteiger partial charge in [0.1, 0.15) is 17.2 Å². The highest BCUT2D eigenvalue weighted by Gasteiger charge is 1.99. The number of aromatic hydroxyl groups is 3. The van der Waals surface area contributed by atoms with Gasteiger partial charge in [0.25, 0.3) is 0 Å². The van der Waals surface area contributed by atoms with Crippen molar-refractivity contribution >= 4 is 9.90 Å². The lowest BCUT2D eigenvalue weighted by Crippen LogP contribution is -1.84. The van der Waals surface area contributed by atoms with Crippen LogP contribution in [0.1, 0.15) is 50.1 Å². The summed E-state index contributed by atoms with van der Waals surface area (Å²) in [4.78, 5) is 0. The fourth-order valence-electron chi connectivity index (χ4n) is 3.04. The Kier molecular flexibility index (Phi) is 11.4. The summed E-state index contributed by atoms with van der Waals surface area (Å²) in [6.45, 7) is 18.2. The molecule has 3 N–H and O–H groups in total. The predicted molar refractivity (Wildman–Crippen MR) is 138 cm³/mol. The molecule has 0 aliphatic rings. The van der Waals surface area contributed by atoms with E-state index in [1.54, 1.807) is 36.4 Å². The van der Waals surface area contributed by atoms with Crippen LogP contribution in [0.4, 0.5) is 0 Å². The molecule has 0 radical (unpaired) electrons. The standard InChI is InChI=1S/3C9H12O.H3P/c3*1-6-4-9(10)5-7(2)8(6)3;/h3*4-5,10H,1-3H3;1H3. The van der Waals surface area contributed by atoms with Gasteiger partial charge in [0.15, 0.2) is 0 Å². The zero-order chi connectivity index (χ0) is 23.2. The molecule has 0 amide bonds. The van der Waals surface area contributed by atoms with Crippen LogP contribution >= 0.6 is 9.90 Å². The quantitative estimate of drug-likeness (QED) is 0.328. The van der Waals surface area contributed by atoms with Crippen molar-refractivity contribution in [3.63, 3.8) is 0 Å². The van der Waals surface area contributed by atoms with Crippen LogP contribution in [0, 0.1) is 62.3 Å². The molecule has 0 heterocycles. The normalized spacial score (nSPS) is 9.58. The fraction of sp³-hybridized carbons (Fsp3) is 0.333. The van der Waals surface area contributed by atoms with Gasteiger partial charge in [0.2, 0.25) is 0 Å². The van der Waals surface area contributed by atoms with Gasteiger partial charge in [-0.15, -0.1) is 0 Å². The van der Waals surface area contributed by atoms with Crippen LogP contribution in [0.25, 0.3) is 0 Å². The van der Waals surface area contributed by atoms with Crippen molar-refractivity contribution in [1.82, 2.24) is 0 Å². The number of phenolic OH excluding ortho intramolecular Hbond substituents is 3. The molecule has 0 bridgehead atoms. The number of rotatable bonds is 0. The second kappa shape index (κ2) is 12.4. The summed E-state index contributed by atoms with van der Waals surface area (Å²) >= 11 is 0. The third-order valence-corrected chi connectivity index (χ3v) is 5.74. The van der Waals surface area contributed by atoms with Gasteiger partial charge >= 0.3 is 0 Å². The third-order valence-electron chi connectivity index (χ3n) is 5.74. The molecule has 1 unspecified atom stereocenters. The third kappa shape index (κ3) is 8.63. The predicted octanol–water partition coefficient (Wildman–Crippen LogP) is 7.01. The Morgan fingerprint density at radius 3 is 0.613 bits per heavy atom. The minimum atomic E-state index is 0. The molecule has 3 rings (SSSR count). The highest BCUT2D eigenvalue weighted by atomic mass is 31.0. The van der Waals surface area contributed by atoms with Crippen molar-refractivity contribution in [1.29, 1.82) is 0 Å². The Bertz CT molecular complexity index is 822. The van der Waals surface area contributed by atoms with Crippen LogP contribution in [0.3, 0.4) is 0 Å². The minimum absolute atomic E-state index is 0. The molecule has 3 nitrogen and oxygen atoms in total. The van der Waals surface area contributed by atoms with Gasteiger partial charge in [0, 0.05) is 0 Å². The smallest absolute Gasteiger partial charge is 0.116 e. The Labute approximate surface area is 191 Å². The molecule has 170 valence electrons. The first kappa shape index (κ1) is 28.5. The Morgan fingerprint density at radius 1 is 0.355 bits per heavy atom. The number of hydrogen-bond donors (Lipinski definition) is 3. The van der Waals surface area contributed by atoms with Crippen molar-refractivity contribution in [2.24, 2.45) is 0 Å². The van der Waals surface area contributed by atoms with E-state index in [0.29, 0.717) is 17.2 Å². The van der Waals surface area contributed by atoms with Gasteiger partial charge in [-0.25, -0.2) is 0 Å². The minimum Gasteiger partial charge on any atom is -0.508 e. The van der Waals surface area contributed by atoms with E-state index in [-0.39, 0.29) is 9.90 Å². The largest absolute Gasteiger partial charge is 0.508 e. The molecule has 0 spiro atoms. The van der Waals surface area contributed by atoms with Crippen molar-refractivity contribution in [2.75, 3.05) is 0 Å². The summed E-state index contributed by atoms with van der Waals surface area (Å²) in [5.41, 5.74) is 10.7. The SMILES string of the molecule is Cc1cc(O)cc(C)c1C.Cc1cc(O)cc(C)c1C.Cc1cc(O)cc(C)c1C.P. The Morgan fingerprint density at radius 2 is 0.484 bits per heavy atom. The van der Waals surface area contributed by atoms with E-state index in [9.17, 15) is 0 Å². The van der Waals surface area contributed by atoms with E-state index < -0.39 is 0 Å². The Balaban J connectivity index is 0.000000429. The summed E-state index contributed by atoms with van der Waals surface area (Å²) in [5.74, 6) is 1.09. The molecule has 0 saturated heterocycles. The van der Waals surface area contributed by atoms with Gasteiger partial charge < -0.3 is 15.3 Å². The van der Waals surface area contributed by atoms with Gasteiger partial charge in [0.05, 0.1) is 0 Å². The van der Waals surface area contributed by atoms with Gasteiger partial charge in [-0.05, 0) is 149 Å². The molecular weight excluding hydrogens is 403 g/mol. The molecule has 4 heteroatoms. The molecule has 0 aromatic heterocycles. The topological polar surface area (TPSA) is 60.7 Å². The first-order valence-corrected chi connectivity index (χ1v) is 10.1. The molecule has 0 aliphatic heterocycles. The molecule has 0 aliphatic carbocycles. The second-order valence-corrected chi connectivity index (χ2v) is 8.11. The van der Waals surface area contributed by atoms with Crippen molar-refractivity contribution in [3.8, 4) is 17.2 Å². The molecule has 3 aromatic carbocycles. The van der Waals surface area contributed by atoms with E-state index in [0.717, 1.165) is 33.4 Å². The molecule has 3 aromatic rings. The molecule has 0 saturated carbocycles. The number of aryl methyl sites for hydroxylation is 6. The highest BCUT2D eigenvalue weighted by Crippen LogP contribution is 2.20. The first-order chi connectivity index (χ1) is 13.8. The van der Waals surface area contributed by atoms with Crippen molar-refractivity contribution in [3.05, 3.63) is 86.5 Å². The zero-order valence-corrected chi connectivity index (χ0v) is 21.9. The maximum absolute atomic E-state index is 9.12. The van der Waals surface area contributed by atoms with Crippen LogP contribution in [0.5, 0.6) is 17.2 Å². The van der Waals surface area contributed by atoms with Crippen LogP contribution in [-0.2, 0) is 0 Å². The lowest BCUT2D eigenvalue weighted by atomic mass is 10.0. The van der Waals surface area contributed by atoms with Crippen molar-refractivity contribution < 1.29 is 15.3 Å². The van der Waals surface area contributed by atoms with Crippen LogP contribution in [0.15, 0.2) is 36.4 Å². The lowest BCUT2D eigenvalue weighted by molar-refractivity contribution is 0.473. The zero-order valence-electron chi connectivity index (χ0n) is 20.5. The summed E-state index contributed by atoms with van der Waals surface area (Å²) in [5, 5.41) is 27.4. The van der Waals surface area contributed by atoms with E-state index in [2.05, 4.69) is 20.8 Å².